The molecule has 0 unspecified atom stereocenters. The minimum absolute atomic E-state index is 0.0713. The van der Waals surface area contributed by atoms with E-state index >= 15 is 0 Å². The highest BCUT2D eigenvalue weighted by atomic mass is 16.3. The number of carbonyl (C=O) groups is 2. The van der Waals surface area contributed by atoms with Crippen molar-refractivity contribution >= 4 is 11.8 Å². The fourth-order valence-corrected chi connectivity index (χ4v) is 3.13. The first-order valence-corrected chi connectivity index (χ1v) is 8.35. The lowest BCUT2D eigenvalue weighted by Crippen LogP contribution is -2.48. The van der Waals surface area contributed by atoms with Gasteiger partial charge < -0.3 is 19.1 Å². The molecule has 1 aliphatic heterocycles. The Morgan fingerprint density at radius 2 is 1.96 bits per heavy atom. The van der Waals surface area contributed by atoms with Crippen LogP contribution in [0, 0.1) is 0 Å². The molecule has 2 atom stereocenters. The number of furan rings is 2. The molecule has 3 heterocycles. The van der Waals surface area contributed by atoms with Gasteiger partial charge in [0.05, 0.1) is 18.6 Å². The molecule has 0 bridgehead atoms. The molecule has 6 nitrogen and oxygen atoms in total. The van der Waals surface area contributed by atoms with Crippen LogP contribution in [0.2, 0.25) is 0 Å². The maximum atomic E-state index is 12.9. The molecule has 24 heavy (non-hydrogen) atoms. The molecule has 0 spiro atoms. The van der Waals surface area contributed by atoms with Crippen LogP contribution in [-0.2, 0) is 4.79 Å². The number of nitrogens with zero attached hydrogens (tertiary/aromatic N) is 1. The lowest BCUT2D eigenvalue weighted by atomic mass is 10.1. The van der Waals surface area contributed by atoms with Gasteiger partial charge in [-0.1, -0.05) is 12.8 Å². The fourth-order valence-electron chi connectivity index (χ4n) is 3.13. The van der Waals surface area contributed by atoms with Gasteiger partial charge in [-0.15, -0.1) is 0 Å². The molecule has 2 amide bonds. The molecule has 2 aromatic rings. The van der Waals surface area contributed by atoms with Crippen molar-refractivity contribution in [3.05, 3.63) is 48.3 Å². The predicted molar refractivity (Wildman–Crippen MR) is 87.3 cm³/mol. The summed E-state index contributed by atoms with van der Waals surface area (Å²) in [4.78, 5) is 26.8. The standard InChI is InChI=1S/C18H22N2O4/c1-13(19-17(21)16-9-6-12-24-16)18(22)20-10-4-2-3-7-14(20)15-8-5-11-23-15/h5-6,8-9,11-14H,2-4,7,10H2,1H3,(H,19,21)/t13-,14-/m1/s1. The normalized spacial score (nSPS) is 19.5. The van der Waals surface area contributed by atoms with Crippen molar-refractivity contribution in [2.75, 3.05) is 6.54 Å². The molecule has 0 saturated carbocycles. The lowest BCUT2D eigenvalue weighted by molar-refractivity contribution is -0.135. The summed E-state index contributed by atoms with van der Waals surface area (Å²) in [5.41, 5.74) is 0. The van der Waals surface area contributed by atoms with Crippen molar-refractivity contribution in [2.24, 2.45) is 0 Å². The summed E-state index contributed by atoms with van der Waals surface area (Å²) in [6, 6.07) is 6.26. The van der Waals surface area contributed by atoms with E-state index in [4.69, 9.17) is 8.83 Å². The third-order valence-electron chi connectivity index (χ3n) is 4.37. The molecule has 1 fully saturated rings. The average molecular weight is 330 g/mol. The zero-order valence-corrected chi connectivity index (χ0v) is 13.7. The summed E-state index contributed by atoms with van der Waals surface area (Å²) in [6.07, 6.45) is 7.05. The molecular weight excluding hydrogens is 308 g/mol. The van der Waals surface area contributed by atoms with E-state index in [0.717, 1.165) is 31.4 Å². The van der Waals surface area contributed by atoms with Crippen LogP contribution >= 0.6 is 0 Å². The molecule has 3 rings (SSSR count). The van der Waals surface area contributed by atoms with Gasteiger partial charge in [-0.3, -0.25) is 9.59 Å². The monoisotopic (exact) mass is 330 g/mol. The third kappa shape index (κ3) is 3.53. The molecule has 1 aliphatic rings. The van der Waals surface area contributed by atoms with Gasteiger partial charge in [0.15, 0.2) is 5.76 Å². The van der Waals surface area contributed by atoms with E-state index in [1.165, 1.54) is 6.26 Å². The number of hydrogen-bond acceptors (Lipinski definition) is 4. The zero-order chi connectivity index (χ0) is 16.9. The quantitative estimate of drug-likeness (QED) is 0.934. The van der Waals surface area contributed by atoms with Gasteiger partial charge in [-0.05, 0) is 44.0 Å². The minimum Gasteiger partial charge on any atom is -0.467 e. The third-order valence-corrected chi connectivity index (χ3v) is 4.37. The molecule has 6 heteroatoms. The van der Waals surface area contributed by atoms with Gasteiger partial charge in [-0.25, -0.2) is 0 Å². The van der Waals surface area contributed by atoms with Crippen LogP contribution in [-0.4, -0.2) is 29.3 Å². The smallest absolute Gasteiger partial charge is 0.287 e. The van der Waals surface area contributed by atoms with Crippen LogP contribution in [0.25, 0.3) is 0 Å². The van der Waals surface area contributed by atoms with Crippen molar-refractivity contribution in [1.29, 1.82) is 0 Å². The van der Waals surface area contributed by atoms with E-state index in [1.54, 1.807) is 25.3 Å². The van der Waals surface area contributed by atoms with Gasteiger partial charge in [0.1, 0.15) is 11.8 Å². The van der Waals surface area contributed by atoms with Gasteiger partial charge >= 0.3 is 0 Å². The number of likely N-dealkylation sites (tertiary alicyclic amines) is 1. The van der Waals surface area contributed by atoms with E-state index in [9.17, 15) is 9.59 Å². The minimum atomic E-state index is -0.627. The second kappa shape index (κ2) is 7.38. The second-order valence-electron chi connectivity index (χ2n) is 6.08. The number of amides is 2. The summed E-state index contributed by atoms with van der Waals surface area (Å²) in [5, 5.41) is 2.71. The molecule has 128 valence electrons. The molecule has 0 aliphatic carbocycles. The topological polar surface area (TPSA) is 75.7 Å². The maximum Gasteiger partial charge on any atom is 0.287 e. The van der Waals surface area contributed by atoms with Crippen LogP contribution in [0.4, 0.5) is 0 Å². The van der Waals surface area contributed by atoms with Crippen molar-refractivity contribution in [3.8, 4) is 0 Å². The van der Waals surface area contributed by atoms with E-state index in [2.05, 4.69) is 5.32 Å². The first-order chi connectivity index (χ1) is 11.7. The highest BCUT2D eigenvalue weighted by molar-refractivity contribution is 5.95. The van der Waals surface area contributed by atoms with Crippen molar-refractivity contribution in [2.45, 2.75) is 44.7 Å². The zero-order valence-electron chi connectivity index (χ0n) is 13.7. The van der Waals surface area contributed by atoms with E-state index in [0.29, 0.717) is 6.54 Å². The first-order valence-electron chi connectivity index (χ1n) is 8.35. The van der Waals surface area contributed by atoms with Gasteiger partial charge in [0.25, 0.3) is 5.91 Å². The van der Waals surface area contributed by atoms with Crippen molar-refractivity contribution in [3.63, 3.8) is 0 Å². The number of rotatable bonds is 4. The summed E-state index contributed by atoms with van der Waals surface area (Å²) in [7, 11) is 0. The summed E-state index contributed by atoms with van der Waals surface area (Å²) in [5.74, 6) is 0.520. The van der Waals surface area contributed by atoms with Gasteiger partial charge in [-0.2, -0.15) is 0 Å². The highest BCUT2D eigenvalue weighted by Crippen LogP contribution is 2.30. The lowest BCUT2D eigenvalue weighted by Gasteiger charge is -2.31. The maximum absolute atomic E-state index is 12.9. The number of carbonyl (C=O) groups excluding carboxylic acids is 2. The van der Waals surface area contributed by atoms with Crippen LogP contribution in [0.5, 0.6) is 0 Å². The molecule has 0 radical (unpaired) electrons. The Labute approximate surface area is 140 Å². The second-order valence-corrected chi connectivity index (χ2v) is 6.08. The van der Waals surface area contributed by atoms with Gasteiger partial charge in [0, 0.05) is 6.54 Å². The molecule has 1 saturated heterocycles. The molecule has 1 N–H and O–H groups in total. The van der Waals surface area contributed by atoms with Crippen molar-refractivity contribution in [1.82, 2.24) is 10.2 Å². The van der Waals surface area contributed by atoms with Crippen LogP contribution < -0.4 is 5.32 Å². The number of nitrogens with one attached hydrogen (secondary N) is 1. The predicted octanol–water partition coefficient (Wildman–Crippen LogP) is 3.13. The van der Waals surface area contributed by atoms with Crippen LogP contribution in [0.15, 0.2) is 45.6 Å². The Hall–Kier alpha value is -2.50. The average Bonchev–Trinajstić information content (AvgIpc) is 3.24. The molecular formula is C18H22N2O4. The Balaban J connectivity index is 1.71. The molecule has 0 aromatic carbocycles. The Morgan fingerprint density at radius 3 is 2.67 bits per heavy atom. The summed E-state index contributed by atoms with van der Waals surface area (Å²) in [6.45, 7) is 2.37. The van der Waals surface area contributed by atoms with Crippen molar-refractivity contribution < 1.29 is 18.4 Å². The SMILES string of the molecule is C[C@@H](NC(=O)c1ccco1)C(=O)N1CCCCC[C@@H]1c1ccco1. The fraction of sp³-hybridized carbons (Fsp3) is 0.444. The largest absolute Gasteiger partial charge is 0.467 e. The molecule has 2 aromatic heterocycles. The van der Waals surface area contributed by atoms with E-state index in [-0.39, 0.29) is 23.6 Å². The van der Waals surface area contributed by atoms with Crippen LogP contribution in [0.1, 0.15) is 55.0 Å². The van der Waals surface area contributed by atoms with E-state index in [1.807, 2.05) is 17.0 Å². The Bertz CT molecular complexity index is 663. The van der Waals surface area contributed by atoms with Gasteiger partial charge in [0.2, 0.25) is 5.91 Å². The highest BCUT2D eigenvalue weighted by Gasteiger charge is 2.32. The Kier molecular flexibility index (Phi) is 5.03. The number of hydrogen-bond donors (Lipinski definition) is 1. The van der Waals surface area contributed by atoms with E-state index < -0.39 is 6.04 Å². The first kappa shape index (κ1) is 16.4. The summed E-state index contributed by atoms with van der Waals surface area (Å²) < 4.78 is 10.6. The summed E-state index contributed by atoms with van der Waals surface area (Å²) >= 11 is 0. The Morgan fingerprint density at radius 1 is 1.17 bits per heavy atom. The van der Waals surface area contributed by atoms with Crippen LogP contribution in [0.3, 0.4) is 0 Å².